The maximum Gasteiger partial charge on any atom is 0.338 e. The van der Waals surface area contributed by atoms with E-state index < -0.39 is 74.0 Å². The second-order valence-corrected chi connectivity index (χ2v) is 18.3. The van der Waals surface area contributed by atoms with E-state index >= 15 is 0 Å². The molecule has 1 saturated heterocycles. The molecule has 3 aliphatic rings. The number of sulfonamides is 1. The second kappa shape index (κ2) is 15.7. The number of rotatable bonds is 14. The summed E-state index contributed by atoms with van der Waals surface area (Å²) < 4.78 is 45.5. The van der Waals surface area contributed by atoms with Crippen LogP contribution >= 0.6 is 11.6 Å². The Labute approximate surface area is 331 Å². The summed E-state index contributed by atoms with van der Waals surface area (Å²) in [6.07, 6.45) is 3.16. The van der Waals surface area contributed by atoms with Crippen molar-refractivity contribution in [1.82, 2.24) is 19.9 Å². The van der Waals surface area contributed by atoms with Crippen LogP contribution in [0, 0.1) is 11.3 Å². The lowest BCUT2D eigenvalue weighted by Crippen LogP contribution is -2.59. The van der Waals surface area contributed by atoms with Gasteiger partial charge in [0, 0.05) is 40.4 Å². The highest BCUT2D eigenvalue weighted by molar-refractivity contribution is 7.91. The molecular formula is C40H48ClN5O9S. The van der Waals surface area contributed by atoms with Gasteiger partial charge in [0.25, 0.3) is 5.91 Å². The molecular weight excluding hydrogens is 762 g/mol. The lowest BCUT2D eigenvalue weighted by Gasteiger charge is -2.34. The summed E-state index contributed by atoms with van der Waals surface area (Å²) in [6.45, 7) is 12.9. The number of hydrogen-bond donors (Lipinski definition) is 3. The van der Waals surface area contributed by atoms with Crippen LogP contribution in [0.4, 0.5) is 5.69 Å². The average Bonchev–Trinajstić information content (AvgIpc) is 4.06. The van der Waals surface area contributed by atoms with Gasteiger partial charge < -0.3 is 19.5 Å². The van der Waals surface area contributed by atoms with E-state index in [9.17, 15) is 27.6 Å². The Kier molecular flexibility index (Phi) is 11.4. The number of hydrogen-bond acceptors (Lipinski definition) is 12. The number of ether oxygens (including phenoxy) is 3. The molecule has 2 aliphatic carbocycles. The summed E-state index contributed by atoms with van der Waals surface area (Å²) in [4.78, 5) is 61.2. The van der Waals surface area contributed by atoms with Crippen LogP contribution in [0.25, 0.3) is 10.8 Å². The molecule has 3 amide bonds. The lowest BCUT2D eigenvalue weighted by molar-refractivity contribution is -0.136. The molecule has 3 fully saturated rings. The van der Waals surface area contributed by atoms with Gasteiger partial charge in [-0.1, -0.05) is 44.5 Å². The number of halogens is 1. The minimum atomic E-state index is -3.93. The van der Waals surface area contributed by atoms with Crippen LogP contribution in [0.3, 0.4) is 0 Å². The van der Waals surface area contributed by atoms with Gasteiger partial charge in [0.2, 0.25) is 27.7 Å². The van der Waals surface area contributed by atoms with E-state index in [1.807, 2.05) is 20.8 Å². The predicted molar refractivity (Wildman–Crippen MR) is 211 cm³/mol. The monoisotopic (exact) mass is 809 g/mol. The van der Waals surface area contributed by atoms with Crippen LogP contribution in [0.1, 0.15) is 70.7 Å². The Morgan fingerprint density at radius 3 is 2.45 bits per heavy atom. The van der Waals surface area contributed by atoms with Gasteiger partial charge in [0.05, 0.1) is 36.3 Å². The Morgan fingerprint density at radius 2 is 1.82 bits per heavy atom. The number of esters is 1. The Balaban J connectivity index is 1.30. The fourth-order valence-corrected chi connectivity index (χ4v) is 8.77. The van der Waals surface area contributed by atoms with Crippen LogP contribution in [-0.2, 0) is 29.1 Å². The van der Waals surface area contributed by atoms with Gasteiger partial charge in [0.1, 0.15) is 23.4 Å². The van der Waals surface area contributed by atoms with Crippen molar-refractivity contribution in [3.63, 3.8) is 0 Å². The van der Waals surface area contributed by atoms with E-state index in [0.29, 0.717) is 40.1 Å². The second-order valence-electron chi connectivity index (χ2n) is 15.9. The van der Waals surface area contributed by atoms with Crippen LogP contribution in [-0.4, -0.2) is 90.7 Å². The summed E-state index contributed by atoms with van der Waals surface area (Å²) in [5.74, 6) is -2.40. The minimum Gasteiger partial charge on any atom is -0.494 e. The molecule has 0 bridgehead atoms. The first kappa shape index (κ1) is 40.9. The minimum absolute atomic E-state index is 0.0174. The molecule has 16 heteroatoms. The first-order valence-electron chi connectivity index (χ1n) is 18.5. The van der Waals surface area contributed by atoms with Crippen molar-refractivity contribution < 1.29 is 41.8 Å². The molecule has 56 heavy (non-hydrogen) atoms. The smallest absolute Gasteiger partial charge is 0.338 e. The number of nitrogens with one attached hydrogen (secondary N) is 3. The number of nitrogens with zero attached hydrogens (tertiary/aromatic N) is 2. The number of imide groups is 1. The van der Waals surface area contributed by atoms with Gasteiger partial charge in [0.15, 0.2) is 0 Å². The maximum absolute atomic E-state index is 14.4. The van der Waals surface area contributed by atoms with Gasteiger partial charge in [-0.25, -0.2) is 18.2 Å². The molecule has 2 heterocycles. The number of amides is 3. The molecule has 6 rings (SSSR count). The number of likely N-dealkylation sites (tertiary alicyclic amines) is 1. The zero-order valence-corrected chi connectivity index (χ0v) is 33.8. The van der Waals surface area contributed by atoms with Gasteiger partial charge in [-0.15, -0.1) is 6.58 Å². The molecule has 2 aromatic carbocycles. The van der Waals surface area contributed by atoms with Gasteiger partial charge in [-0.3, -0.25) is 29.3 Å². The molecule has 1 aliphatic heterocycles. The van der Waals surface area contributed by atoms with Crippen LogP contribution < -0.4 is 24.8 Å². The summed E-state index contributed by atoms with van der Waals surface area (Å²) in [5.41, 5.74) is -1.43. The molecule has 300 valence electrons. The standard InChI is InChI=1S/C40H48ClN5O9S/c1-8-24-19-40(24,38(50)45-56(51,52)28-13-14-28)46-21-27(55-36-30-17-25(41)12-15-29(30)32(53-7)20-42-36)18-31(46)34(47)44-35(48)33(39(4,5)6)43-26-11-9-10-23(16-26)37(49)54-22(2)3/h8-12,15-17,20,22,24,27-28,31,33,43H,1,13-14,18-19,21H2,2-7H3,(H,45,50)(H,44,47,48)/t24-,27-,31+,33+,40-/m1/s1. The first-order valence-corrected chi connectivity index (χ1v) is 20.5. The van der Waals surface area contributed by atoms with E-state index in [2.05, 4.69) is 26.9 Å². The van der Waals surface area contributed by atoms with E-state index in [4.69, 9.17) is 25.8 Å². The van der Waals surface area contributed by atoms with E-state index in [-0.39, 0.29) is 36.9 Å². The first-order chi connectivity index (χ1) is 26.4. The molecule has 5 atom stereocenters. The fraction of sp³-hybridized carbons (Fsp3) is 0.475. The summed E-state index contributed by atoms with van der Waals surface area (Å²) in [7, 11) is -2.42. The number of benzene rings is 2. The van der Waals surface area contributed by atoms with E-state index in [1.165, 1.54) is 13.3 Å². The van der Waals surface area contributed by atoms with Crippen molar-refractivity contribution in [2.24, 2.45) is 11.3 Å². The Hall–Kier alpha value is -4.73. The van der Waals surface area contributed by atoms with Crippen molar-refractivity contribution in [2.75, 3.05) is 19.0 Å². The number of anilines is 1. The van der Waals surface area contributed by atoms with Crippen molar-refractivity contribution >= 4 is 61.8 Å². The third-order valence-electron chi connectivity index (χ3n) is 10.3. The molecule has 0 radical (unpaired) electrons. The van der Waals surface area contributed by atoms with Crippen LogP contribution in [0.2, 0.25) is 5.02 Å². The third-order valence-corrected chi connectivity index (χ3v) is 12.4. The van der Waals surface area contributed by atoms with Crippen LogP contribution in [0.5, 0.6) is 11.6 Å². The quantitative estimate of drug-likeness (QED) is 0.147. The van der Waals surface area contributed by atoms with E-state index in [1.54, 1.807) is 67.3 Å². The van der Waals surface area contributed by atoms with Crippen molar-refractivity contribution in [2.45, 2.75) is 95.4 Å². The largest absolute Gasteiger partial charge is 0.494 e. The number of aromatic nitrogens is 1. The Morgan fingerprint density at radius 1 is 1.09 bits per heavy atom. The lowest BCUT2D eigenvalue weighted by atomic mass is 9.85. The molecule has 2 saturated carbocycles. The number of methoxy groups -OCH3 is 1. The topological polar surface area (TPSA) is 182 Å². The van der Waals surface area contributed by atoms with Gasteiger partial charge in [-0.2, -0.15) is 0 Å². The number of carbonyl (C=O) groups is 4. The predicted octanol–water partition coefficient (Wildman–Crippen LogP) is 5.01. The third kappa shape index (κ3) is 8.49. The highest BCUT2D eigenvalue weighted by Crippen LogP contribution is 2.53. The molecule has 14 nitrogen and oxygen atoms in total. The molecule has 1 aromatic heterocycles. The molecule has 3 N–H and O–H groups in total. The van der Waals surface area contributed by atoms with Crippen molar-refractivity contribution in [3.8, 4) is 11.6 Å². The average molecular weight is 810 g/mol. The van der Waals surface area contributed by atoms with Crippen LogP contribution in [0.15, 0.2) is 61.3 Å². The summed E-state index contributed by atoms with van der Waals surface area (Å²) in [5, 5.41) is 6.79. The maximum atomic E-state index is 14.4. The van der Waals surface area contributed by atoms with Crippen molar-refractivity contribution in [3.05, 3.63) is 71.9 Å². The number of carbonyl (C=O) groups excluding carboxylic acids is 4. The summed E-state index contributed by atoms with van der Waals surface area (Å²) in [6, 6.07) is 9.64. The highest BCUT2D eigenvalue weighted by Gasteiger charge is 2.67. The SMILES string of the molecule is C=C[C@@H]1C[C@@]1(C(=O)NS(=O)(=O)C1CC1)N1C[C@H](Oc2ncc(OC)c3ccc(Cl)cc23)C[C@H]1C(=O)NC(=O)[C@H](Nc1cccc(C(=O)OC(C)C)c1)C(C)(C)C. The zero-order valence-electron chi connectivity index (χ0n) is 32.3. The number of fused-ring (bicyclic) bond motifs is 1. The van der Waals surface area contributed by atoms with Gasteiger partial charge in [-0.05, 0) is 74.9 Å². The molecule has 0 spiro atoms. The van der Waals surface area contributed by atoms with Crippen molar-refractivity contribution in [1.29, 1.82) is 0 Å². The molecule has 3 aromatic rings. The molecule has 0 unspecified atom stereocenters. The zero-order chi connectivity index (χ0) is 40.7. The fourth-order valence-electron chi connectivity index (χ4n) is 7.24. The highest BCUT2D eigenvalue weighted by atomic mass is 35.5. The number of pyridine rings is 1. The van der Waals surface area contributed by atoms with E-state index in [0.717, 1.165) is 0 Å². The Bertz CT molecular complexity index is 2170. The van der Waals surface area contributed by atoms with Gasteiger partial charge >= 0.3 is 5.97 Å². The summed E-state index contributed by atoms with van der Waals surface area (Å²) >= 11 is 6.36. The normalized spacial score (nSPS) is 22.9.